The summed E-state index contributed by atoms with van der Waals surface area (Å²) in [5.74, 6) is 5.56. The maximum absolute atomic E-state index is 11.3. The molecule has 1 heterocycles. The number of alkyl carbamates (subject to hydrolysis) is 1. The summed E-state index contributed by atoms with van der Waals surface area (Å²) in [7, 11) is 0. The highest BCUT2D eigenvalue weighted by Gasteiger charge is 2.14. The van der Waals surface area contributed by atoms with E-state index in [9.17, 15) is 4.79 Å². The molecule has 0 saturated carbocycles. The van der Waals surface area contributed by atoms with Crippen LogP contribution in [0, 0.1) is 11.8 Å². The van der Waals surface area contributed by atoms with Crippen molar-refractivity contribution in [1.82, 2.24) is 10.3 Å². The topological polar surface area (TPSA) is 71.5 Å². The minimum Gasteiger partial charge on any atom is -0.444 e. The summed E-state index contributed by atoms with van der Waals surface area (Å²) in [6.45, 7) is 5.51. The van der Waals surface area contributed by atoms with Gasteiger partial charge in [0.05, 0.1) is 13.2 Å². The summed E-state index contributed by atoms with van der Waals surface area (Å²) in [6.07, 6.45) is 1.08. The lowest BCUT2D eigenvalue weighted by Crippen LogP contribution is -2.32. The number of nitrogens with one attached hydrogen (secondary N) is 1. The minimum atomic E-state index is -0.519. The van der Waals surface area contributed by atoms with Gasteiger partial charge in [0, 0.05) is 6.20 Å². The molecule has 1 aromatic rings. The maximum Gasteiger partial charge on any atom is 0.408 e. The number of nitrogens with zero attached hydrogens (tertiary/aromatic N) is 1. The van der Waals surface area contributed by atoms with Crippen LogP contribution in [0.5, 0.6) is 0 Å². The first-order valence-electron chi connectivity index (χ1n) is 5.92. The van der Waals surface area contributed by atoms with Gasteiger partial charge in [0.25, 0.3) is 0 Å². The predicted octanol–water partition coefficient (Wildman–Crippen LogP) is 1.45. The Bertz CT molecular complexity index is 495. The van der Waals surface area contributed by atoms with E-state index in [0.29, 0.717) is 5.69 Å². The Morgan fingerprint density at radius 1 is 1.53 bits per heavy atom. The van der Waals surface area contributed by atoms with Crippen LogP contribution < -0.4 is 5.32 Å². The molecule has 0 aliphatic heterocycles. The summed E-state index contributed by atoms with van der Waals surface area (Å²) in [5.41, 5.74) is 0.783. The van der Waals surface area contributed by atoms with Gasteiger partial charge in [-0.1, -0.05) is 5.92 Å². The van der Waals surface area contributed by atoms with Crippen LogP contribution in [0.15, 0.2) is 18.3 Å². The molecule has 5 nitrogen and oxygen atoms in total. The van der Waals surface area contributed by atoms with Gasteiger partial charge < -0.3 is 15.2 Å². The van der Waals surface area contributed by atoms with E-state index in [2.05, 4.69) is 22.1 Å². The zero-order valence-corrected chi connectivity index (χ0v) is 11.4. The quantitative estimate of drug-likeness (QED) is 0.791. The van der Waals surface area contributed by atoms with Crippen LogP contribution in [-0.4, -0.2) is 28.3 Å². The lowest BCUT2D eigenvalue weighted by molar-refractivity contribution is 0.0535. The Morgan fingerprint density at radius 2 is 2.26 bits per heavy atom. The van der Waals surface area contributed by atoms with Gasteiger partial charge in [-0.2, -0.15) is 0 Å². The highest BCUT2D eigenvalue weighted by atomic mass is 16.6. The summed E-state index contributed by atoms with van der Waals surface area (Å²) >= 11 is 0. The second-order valence-electron chi connectivity index (χ2n) is 4.86. The maximum atomic E-state index is 11.3. The Morgan fingerprint density at radius 3 is 2.89 bits per heavy atom. The third-order valence-electron chi connectivity index (χ3n) is 1.94. The molecule has 5 heteroatoms. The second kappa shape index (κ2) is 6.76. The average molecular weight is 262 g/mol. The number of pyridine rings is 1. The number of rotatable bonds is 2. The Hall–Kier alpha value is -2.06. The van der Waals surface area contributed by atoms with Gasteiger partial charge in [0.1, 0.15) is 11.3 Å². The number of aromatic nitrogens is 1. The molecule has 0 aliphatic carbocycles. The number of carbonyl (C=O) groups excluding carboxylic acids is 1. The standard InChI is InChI=1S/C14H18N2O3/c1-14(2,3)19-13(18)16-7-4-5-12-9-11(10-17)6-8-15-12/h6,8-9,17H,7,10H2,1-3H3,(H,16,18). The van der Waals surface area contributed by atoms with Crippen molar-refractivity contribution in [2.75, 3.05) is 6.54 Å². The fourth-order valence-electron chi connectivity index (χ4n) is 1.21. The first kappa shape index (κ1) is 15.0. The van der Waals surface area contributed by atoms with E-state index in [1.54, 1.807) is 39.1 Å². The molecular formula is C14H18N2O3. The molecule has 102 valence electrons. The number of carbonyl (C=O) groups is 1. The van der Waals surface area contributed by atoms with Gasteiger partial charge in [-0.25, -0.2) is 9.78 Å². The summed E-state index contributed by atoms with van der Waals surface area (Å²) in [6, 6.07) is 3.41. The van der Waals surface area contributed by atoms with E-state index in [4.69, 9.17) is 9.84 Å². The molecule has 2 N–H and O–H groups in total. The van der Waals surface area contributed by atoms with Crippen molar-refractivity contribution in [3.63, 3.8) is 0 Å². The SMILES string of the molecule is CC(C)(C)OC(=O)NCC#Cc1cc(CO)ccn1. The van der Waals surface area contributed by atoms with E-state index in [0.717, 1.165) is 5.56 Å². The first-order chi connectivity index (χ1) is 8.90. The number of ether oxygens (including phenoxy) is 1. The van der Waals surface area contributed by atoms with E-state index in [-0.39, 0.29) is 13.2 Å². The molecule has 0 aromatic carbocycles. The minimum absolute atomic E-state index is 0.0483. The number of aliphatic hydroxyl groups is 1. The summed E-state index contributed by atoms with van der Waals surface area (Å²) in [5, 5.41) is 11.5. The summed E-state index contributed by atoms with van der Waals surface area (Å²) in [4.78, 5) is 15.4. The Labute approximate surface area is 113 Å². The molecule has 1 aromatic heterocycles. The van der Waals surface area contributed by atoms with Crippen LogP contribution in [0.2, 0.25) is 0 Å². The highest BCUT2D eigenvalue weighted by Crippen LogP contribution is 2.06. The molecule has 0 bridgehead atoms. The van der Waals surface area contributed by atoms with E-state index in [1.165, 1.54) is 0 Å². The van der Waals surface area contributed by atoms with Crippen LogP contribution in [0.3, 0.4) is 0 Å². The Kier molecular flexibility index (Phi) is 5.34. The highest BCUT2D eigenvalue weighted by molar-refractivity contribution is 5.68. The van der Waals surface area contributed by atoms with E-state index < -0.39 is 11.7 Å². The van der Waals surface area contributed by atoms with Crippen LogP contribution in [0.4, 0.5) is 4.79 Å². The van der Waals surface area contributed by atoms with Crippen LogP contribution in [0.25, 0.3) is 0 Å². The first-order valence-corrected chi connectivity index (χ1v) is 5.92. The van der Waals surface area contributed by atoms with Crippen molar-refractivity contribution in [2.45, 2.75) is 33.0 Å². The Balaban J connectivity index is 2.45. The molecule has 0 fully saturated rings. The van der Waals surface area contributed by atoms with E-state index >= 15 is 0 Å². The zero-order chi connectivity index (χ0) is 14.3. The van der Waals surface area contributed by atoms with Crippen molar-refractivity contribution in [2.24, 2.45) is 0 Å². The smallest absolute Gasteiger partial charge is 0.408 e. The van der Waals surface area contributed by atoms with Crippen molar-refractivity contribution >= 4 is 6.09 Å². The van der Waals surface area contributed by atoms with Crippen LogP contribution >= 0.6 is 0 Å². The molecule has 0 saturated heterocycles. The van der Waals surface area contributed by atoms with Crippen LogP contribution in [-0.2, 0) is 11.3 Å². The van der Waals surface area contributed by atoms with Gasteiger partial charge in [-0.15, -0.1) is 0 Å². The number of aliphatic hydroxyl groups excluding tert-OH is 1. The van der Waals surface area contributed by atoms with Gasteiger partial charge in [-0.05, 0) is 44.4 Å². The fourth-order valence-corrected chi connectivity index (χ4v) is 1.21. The largest absolute Gasteiger partial charge is 0.444 e. The number of amides is 1. The predicted molar refractivity (Wildman–Crippen MR) is 71.3 cm³/mol. The lowest BCUT2D eigenvalue weighted by atomic mass is 10.2. The van der Waals surface area contributed by atoms with Gasteiger partial charge in [0.2, 0.25) is 0 Å². The zero-order valence-electron chi connectivity index (χ0n) is 11.4. The van der Waals surface area contributed by atoms with E-state index in [1.807, 2.05) is 0 Å². The molecule has 1 amide bonds. The van der Waals surface area contributed by atoms with Crippen molar-refractivity contribution in [1.29, 1.82) is 0 Å². The van der Waals surface area contributed by atoms with Crippen molar-refractivity contribution in [3.05, 3.63) is 29.6 Å². The molecule has 0 unspecified atom stereocenters. The van der Waals surface area contributed by atoms with Gasteiger partial charge >= 0.3 is 6.09 Å². The van der Waals surface area contributed by atoms with Crippen LogP contribution in [0.1, 0.15) is 32.0 Å². The molecule has 0 atom stereocenters. The molecule has 19 heavy (non-hydrogen) atoms. The summed E-state index contributed by atoms with van der Waals surface area (Å²) < 4.78 is 5.06. The van der Waals surface area contributed by atoms with Crippen molar-refractivity contribution < 1.29 is 14.6 Å². The number of hydrogen-bond donors (Lipinski definition) is 2. The molecular weight excluding hydrogens is 244 g/mol. The normalized spacial score (nSPS) is 10.3. The third kappa shape index (κ3) is 6.43. The van der Waals surface area contributed by atoms with Crippen molar-refractivity contribution in [3.8, 4) is 11.8 Å². The molecule has 1 rings (SSSR count). The van der Waals surface area contributed by atoms with Gasteiger partial charge in [-0.3, -0.25) is 0 Å². The monoisotopic (exact) mass is 262 g/mol. The van der Waals surface area contributed by atoms with Gasteiger partial charge in [0.15, 0.2) is 0 Å². The number of hydrogen-bond acceptors (Lipinski definition) is 4. The fraction of sp³-hybridized carbons (Fsp3) is 0.429. The third-order valence-corrected chi connectivity index (χ3v) is 1.94. The molecule has 0 spiro atoms. The lowest BCUT2D eigenvalue weighted by Gasteiger charge is -2.18. The molecule has 0 radical (unpaired) electrons. The second-order valence-corrected chi connectivity index (χ2v) is 4.86. The molecule has 0 aliphatic rings. The average Bonchev–Trinajstić information content (AvgIpc) is 2.33.